The number of aromatic nitrogens is 2. The normalized spacial score (nSPS) is 11.2. The highest BCUT2D eigenvalue weighted by atomic mass is 32.2. The molecule has 1 heterocycles. The number of anilines is 1. The first-order valence-electron chi connectivity index (χ1n) is 5.51. The number of carboxylic acids is 1. The van der Waals surface area contributed by atoms with Crippen LogP contribution >= 0.6 is 0 Å². The van der Waals surface area contributed by atoms with Gasteiger partial charge in [-0.3, -0.25) is 4.79 Å². The molecule has 0 aliphatic heterocycles. The molecule has 0 aliphatic carbocycles. The predicted octanol–water partition coefficient (Wildman–Crippen LogP) is 0.806. The Morgan fingerprint density at radius 3 is 2.50 bits per heavy atom. The molecule has 9 heteroatoms. The molecule has 1 aromatic carbocycles. The summed E-state index contributed by atoms with van der Waals surface area (Å²) in [7, 11) is -3.84. The van der Waals surface area contributed by atoms with Crippen molar-refractivity contribution in [1.82, 2.24) is 10.1 Å². The van der Waals surface area contributed by atoms with Gasteiger partial charge >= 0.3 is 12.0 Å². The van der Waals surface area contributed by atoms with Crippen LogP contribution < -0.4 is 4.72 Å². The molecule has 2 aromatic rings. The third kappa shape index (κ3) is 3.32. The number of rotatable bonds is 5. The molecule has 0 fully saturated rings. The van der Waals surface area contributed by atoms with Crippen molar-refractivity contribution in [1.29, 1.82) is 0 Å². The van der Waals surface area contributed by atoms with Crippen LogP contribution in [0.4, 0.5) is 6.01 Å². The Hall–Kier alpha value is -2.42. The Labute approximate surface area is 114 Å². The molecule has 2 rings (SSSR count). The summed E-state index contributed by atoms with van der Waals surface area (Å²) in [5, 5.41) is 12.1. The zero-order chi connectivity index (χ0) is 14.8. The third-order valence-corrected chi connectivity index (χ3v) is 3.67. The molecule has 2 N–H and O–H groups in total. The van der Waals surface area contributed by atoms with Crippen LogP contribution in [0.25, 0.3) is 0 Å². The number of nitrogens with zero attached hydrogens (tertiary/aromatic N) is 2. The van der Waals surface area contributed by atoms with Gasteiger partial charge in [0.1, 0.15) is 0 Å². The summed E-state index contributed by atoms with van der Waals surface area (Å²) in [5.74, 6) is -0.681. The lowest BCUT2D eigenvalue weighted by atomic mass is 10.2. The molecule has 0 amide bonds. The van der Waals surface area contributed by atoms with Crippen LogP contribution in [-0.2, 0) is 21.2 Å². The molecule has 0 spiro atoms. The van der Waals surface area contributed by atoms with E-state index >= 15 is 0 Å². The van der Waals surface area contributed by atoms with Crippen molar-refractivity contribution in [3.8, 4) is 0 Å². The van der Waals surface area contributed by atoms with Crippen molar-refractivity contribution in [3.63, 3.8) is 0 Å². The van der Waals surface area contributed by atoms with Gasteiger partial charge in [-0.25, -0.2) is 13.1 Å². The molecule has 0 saturated heterocycles. The van der Waals surface area contributed by atoms with Gasteiger partial charge in [-0.15, -0.1) is 0 Å². The maximum atomic E-state index is 12.0. The molecule has 0 aliphatic rings. The fraction of sp³-hybridized carbons (Fsp3) is 0.182. The third-order valence-electron chi connectivity index (χ3n) is 2.34. The molecular weight excluding hydrogens is 286 g/mol. The smallest absolute Gasteiger partial charge is 0.335 e. The monoisotopic (exact) mass is 297 g/mol. The molecule has 0 radical (unpaired) electrons. The zero-order valence-corrected chi connectivity index (χ0v) is 11.2. The van der Waals surface area contributed by atoms with Crippen molar-refractivity contribution in [2.24, 2.45) is 0 Å². The van der Waals surface area contributed by atoms with E-state index in [0.717, 1.165) is 0 Å². The van der Waals surface area contributed by atoms with Crippen LogP contribution in [0.1, 0.15) is 11.4 Å². The van der Waals surface area contributed by atoms with Gasteiger partial charge in [0, 0.05) is 0 Å². The predicted molar refractivity (Wildman–Crippen MR) is 67.6 cm³/mol. The fourth-order valence-corrected chi connectivity index (χ4v) is 2.40. The van der Waals surface area contributed by atoms with E-state index in [-0.39, 0.29) is 17.3 Å². The number of carboxylic acid groups (broad SMARTS) is 1. The lowest BCUT2D eigenvalue weighted by Crippen LogP contribution is -2.13. The average Bonchev–Trinajstić information content (AvgIpc) is 2.74. The molecule has 106 valence electrons. The minimum atomic E-state index is -3.84. The first kappa shape index (κ1) is 14.0. The maximum Gasteiger partial charge on any atom is 0.335 e. The van der Waals surface area contributed by atoms with E-state index in [4.69, 9.17) is 5.11 Å². The minimum absolute atomic E-state index is 0.0255. The van der Waals surface area contributed by atoms with Crippen molar-refractivity contribution in [3.05, 3.63) is 35.7 Å². The van der Waals surface area contributed by atoms with Gasteiger partial charge < -0.3 is 9.63 Å². The van der Waals surface area contributed by atoms with Crippen LogP contribution in [0.15, 0.2) is 33.7 Å². The summed E-state index contributed by atoms with van der Waals surface area (Å²) in [6.07, 6.45) is -0.170. The number of aliphatic carboxylic acids is 1. The van der Waals surface area contributed by atoms with E-state index in [1.165, 1.54) is 24.3 Å². The van der Waals surface area contributed by atoms with E-state index in [1.54, 1.807) is 6.92 Å². The fourth-order valence-electron chi connectivity index (χ4n) is 1.47. The molecule has 0 bridgehead atoms. The van der Waals surface area contributed by atoms with E-state index in [2.05, 4.69) is 19.4 Å². The standard InChI is InChI=1S/C11H11N3O5S/c1-7-12-11(19-13-7)14-20(17,18)9-4-2-8(3-5-9)6-10(15)16/h2-5H,6H2,1H3,(H,15,16)(H,12,13,14). The summed E-state index contributed by atoms with van der Waals surface area (Å²) in [5.41, 5.74) is 0.505. The molecule has 0 saturated carbocycles. The number of benzene rings is 1. The number of nitrogens with one attached hydrogen (secondary N) is 1. The topological polar surface area (TPSA) is 122 Å². The van der Waals surface area contributed by atoms with E-state index in [9.17, 15) is 13.2 Å². The highest BCUT2D eigenvalue weighted by molar-refractivity contribution is 7.92. The highest BCUT2D eigenvalue weighted by Gasteiger charge is 2.17. The Morgan fingerprint density at radius 2 is 2.00 bits per heavy atom. The van der Waals surface area contributed by atoms with Gasteiger partial charge in [0.15, 0.2) is 5.82 Å². The first-order valence-corrected chi connectivity index (χ1v) is 6.99. The lowest BCUT2D eigenvalue weighted by Gasteiger charge is -2.04. The van der Waals surface area contributed by atoms with Crippen molar-refractivity contribution in [2.75, 3.05) is 4.72 Å². The minimum Gasteiger partial charge on any atom is -0.481 e. The van der Waals surface area contributed by atoms with Gasteiger partial charge in [-0.05, 0) is 24.6 Å². The Balaban J connectivity index is 2.19. The van der Waals surface area contributed by atoms with E-state index < -0.39 is 16.0 Å². The quantitative estimate of drug-likeness (QED) is 0.837. The number of hydrogen-bond acceptors (Lipinski definition) is 6. The summed E-state index contributed by atoms with van der Waals surface area (Å²) >= 11 is 0. The van der Waals surface area contributed by atoms with Gasteiger partial charge in [0.2, 0.25) is 0 Å². The van der Waals surface area contributed by atoms with Gasteiger partial charge in [-0.1, -0.05) is 17.3 Å². The van der Waals surface area contributed by atoms with Gasteiger partial charge in [0.25, 0.3) is 10.0 Å². The second kappa shape index (κ2) is 5.29. The average molecular weight is 297 g/mol. The Morgan fingerprint density at radius 1 is 1.35 bits per heavy atom. The molecule has 8 nitrogen and oxygen atoms in total. The SMILES string of the molecule is Cc1noc(NS(=O)(=O)c2ccc(CC(=O)O)cc2)n1. The number of hydrogen-bond donors (Lipinski definition) is 2. The van der Waals surface area contributed by atoms with E-state index in [1.807, 2.05) is 0 Å². The van der Waals surface area contributed by atoms with Crippen LogP contribution in [0, 0.1) is 6.92 Å². The second-order valence-corrected chi connectivity index (χ2v) is 5.65. The van der Waals surface area contributed by atoms with Crippen LogP contribution in [0.2, 0.25) is 0 Å². The summed E-state index contributed by atoms with van der Waals surface area (Å²) in [6, 6.07) is 5.26. The zero-order valence-electron chi connectivity index (χ0n) is 10.4. The van der Waals surface area contributed by atoms with Crippen LogP contribution in [0.3, 0.4) is 0 Å². The molecule has 0 atom stereocenters. The number of sulfonamides is 1. The Kier molecular flexibility index (Phi) is 3.70. The van der Waals surface area contributed by atoms with Crippen molar-refractivity contribution >= 4 is 22.0 Å². The summed E-state index contributed by atoms with van der Waals surface area (Å²) < 4.78 is 30.8. The first-order chi connectivity index (χ1) is 9.37. The molecule has 1 aromatic heterocycles. The van der Waals surface area contributed by atoms with Crippen LogP contribution in [-0.4, -0.2) is 29.6 Å². The van der Waals surface area contributed by atoms with Crippen LogP contribution in [0.5, 0.6) is 0 Å². The van der Waals surface area contributed by atoms with Crippen molar-refractivity contribution in [2.45, 2.75) is 18.2 Å². The summed E-state index contributed by atoms with van der Waals surface area (Å²) in [6.45, 7) is 1.56. The molecule has 0 unspecified atom stereocenters. The van der Waals surface area contributed by atoms with E-state index in [0.29, 0.717) is 11.4 Å². The van der Waals surface area contributed by atoms with Gasteiger partial charge in [0.05, 0.1) is 11.3 Å². The molecular formula is C11H11N3O5S. The largest absolute Gasteiger partial charge is 0.481 e. The Bertz CT molecular complexity index is 721. The maximum absolute atomic E-state index is 12.0. The van der Waals surface area contributed by atoms with Gasteiger partial charge in [-0.2, -0.15) is 4.98 Å². The molecule has 20 heavy (non-hydrogen) atoms. The highest BCUT2D eigenvalue weighted by Crippen LogP contribution is 2.15. The second-order valence-electron chi connectivity index (χ2n) is 3.97. The van der Waals surface area contributed by atoms with Crippen molar-refractivity contribution < 1.29 is 22.8 Å². The number of carbonyl (C=O) groups is 1. The number of aryl methyl sites for hydroxylation is 1. The lowest BCUT2D eigenvalue weighted by molar-refractivity contribution is -0.136. The summed E-state index contributed by atoms with van der Waals surface area (Å²) in [4.78, 5) is 14.2.